The van der Waals surface area contributed by atoms with Crippen molar-refractivity contribution < 1.29 is 14.3 Å². The Kier molecular flexibility index (Phi) is 6.46. The van der Waals surface area contributed by atoms with Crippen LogP contribution in [0, 0.1) is 0 Å². The normalized spacial score (nSPS) is 16.4. The van der Waals surface area contributed by atoms with Gasteiger partial charge in [0, 0.05) is 17.5 Å². The van der Waals surface area contributed by atoms with E-state index in [0.717, 1.165) is 28.6 Å². The SMILES string of the molecule is CC(C)(C)OC(=O)c1ccc2c(c1)NC[C@@H](c1ccc(Cl)cc1CCS)CO2. The van der Waals surface area contributed by atoms with Gasteiger partial charge >= 0.3 is 5.97 Å². The molecular formula is C22H26ClNO3S. The number of benzene rings is 2. The summed E-state index contributed by atoms with van der Waals surface area (Å²) in [6.45, 7) is 6.82. The molecule has 1 atom stereocenters. The van der Waals surface area contributed by atoms with Crippen molar-refractivity contribution in [3.63, 3.8) is 0 Å². The minimum Gasteiger partial charge on any atom is -0.491 e. The molecule has 0 radical (unpaired) electrons. The van der Waals surface area contributed by atoms with Crippen molar-refractivity contribution in [2.75, 3.05) is 24.2 Å². The summed E-state index contributed by atoms with van der Waals surface area (Å²) in [5, 5.41) is 4.16. The van der Waals surface area contributed by atoms with Gasteiger partial charge < -0.3 is 14.8 Å². The monoisotopic (exact) mass is 419 g/mol. The Hall–Kier alpha value is -1.85. The first-order chi connectivity index (χ1) is 13.3. The molecule has 1 aliphatic heterocycles. The molecule has 4 nitrogen and oxygen atoms in total. The van der Waals surface area contributed by atoms with Crippen molar-refractivity contribution in [3.05, 3.63) is 58.1 Å². The third-order valence-electron chi connectivity index (χ3n) is 4.52. The van der Waals surface area contributed by atoms with Gasteiger partial charge in [-0.15, -0.1) is 0 Å². The van der Waals surface area contributed by atoms with Gasteiger partial charge in [0.1, 0.15) is 11.4 Å². The van der Waals surface area contributed by atoms with E-state index < -0.39 is 5.60 Å². The summed E-state index contributed by atoms with van der Waals surface area (Å²) >= 11 is 10.5. The van der Waals surface area contributed by atoms with E-state index in [1.165, 1.54) is 11.1 Å². The smallest absolute Gasteiger partial charge is 0.338 e. The van der Waals surface area contributed by atoms with Crippen molar-refractivity contribution in [2.24, 2.45) is 0 Å². The molecule has 0 saturated heterocycles. The maximum absolute atomic E-state index is 12.4. The number of anilines is 1. The average Bonchev–Trinajstić information content (AvgIpc) is 2.83. The Morgan fingerprint density at radius 3 is 2.79 bits per heavy atom. The summed E-state index contributed by atoms with van der Waals surface area (Å²) in [5.74, 6) is 1.32. The third kappa shape index (κ3) is 5.15. The minimum atomic E-state index is -0.531. The molecule has 28 heavy (non-hydrogen) atoms. The fourth-order valence-electron chi connectivity index (χ4n) is 3.25. The number of nitrogens with one attached hydrogen (secondary N) is 1. The number of carbonyl (C=O) groups is 1. The molecule has 2 aromatic carbocycles. The maximum Gasteiger partial charge on any atom is 0.338 e. The van der Waals surface area contributed by atoms with E-state index in [1.807, 2.05) is 39.0 Å². The Morgan fingerprint density at radius 2 is 2.07 bits per heavy atom. The molecule has 6 heteroatoms. The molecule has 0 saturated carbocycles. The van der Waals surface area contributed by atoms with Crippen LogP contribution in [0.25, 0.3) is 0 Å². The van der Waals surface area contributed by atoms with Crippen LogP contribution in [0.15, 0.2) is 36.4 Å². The van der Waals surface area contributed by atoms with E-state index >= 15 is 0 Å². The Balaban J connectivity index is 1.79. The predicted molar refractivity (Wildman–Crippen MR) is 117 cm³/mol. The van der Waals surface area contributed by atoms with Crippen molar-refractivity contribution in [1.29, 1.82) is 0 Å². The number of rotatable bonds is 4. The second-order valence-corrected chi connectivity index (χ2v) is 8.80. The number of aryl methyl sites for hydroxylation is 1. The zero-order valence-corrected chi connectivity index (χ0v) is 18.1. The lowest BCUT2D eigenvalue weighted by atomic mass is 9.93. The number of fused-ring (bicyclic) bond motifs is 1. The standard InChI is InChI=1S/C22H26ClNO3S/c1-22(2,3)27-21(25)15-4-7-20-19(11-15)24-12-16(13-26-20)18-6-5-17(23)10-14(18)8-9-28/h4-7,10-11,16,24,28H,8-9,12-13H2,1-3H3/t16-/m1/s1. The summed E-state index contributed by atoms with van der Waals surface area (Å²) < 4.78 is 11.5. The number of hydrogen-bond donors (Lipinski definition) is 2. The van der Waals surface area contributed by atoms with Crippen molar-refractivity contribution in [2.45, 2.75) is 38.7 Å². The molecule has 0 aromatic heterocycles. The van der Waals surface area contributed by atoms with Gasteiger partial charge in [0.15, 0.2) is 0 Å². The highest BCUT2D eigenvalue weighted by atomic mass is 35.5. The Labute approximate surface area is 177 Å². The summed E-state index contributed by atoms with van der Waals surface area (Å²) in [5.41, 5.74) is 3.18. The van der Waals surface area contributed by atoms with Gasteiger partial charge in [-0.3, -0.25) is 0 Å². The van der Waals surface area contributed by atoms with Crippen molar-refractivity contribution in [3.8, 4) is 5.75 Å². The highest BCUT2D eigenvalue weighted by Crippen LogP contribution is 2.33. The van der Waals surface area contributed by atoms with Crippen molar-refractivity contribution in [1.82, 2.24) is 0 Å². The summed E-state index contributed by atoms with van der Waals surface area (Å²) in [7, 11) is 0. The van der Waals surface area contributed by atoms with Gasteiger partial charge in [-0.05, 0) is 74.4 Å². The largest absolute Gasteiger partial charge is 0.491 e. The summed E-state index contributed by atoms with van der Waals surface area (Å²) in [6.07, 6.45) is 0.852. The van der Waals surface area contributed by atoms with Gasteiger partial charge in [0.2, 0.25) is 0 Å². The number of hydrogen-bond acceptors (Lipinski definition) is 5. The minimum absolute atomic E-state index is 0.171. The van der Waals surface area contributed by atoms with Crippen LogP contribution in [-0.4, -0.2) is 30.5 Å². The second-order valence-electron chi connectivity index (χ2n) is 7.92. The number of esters is 1. The highest BCUT2D eigenvalue weighted by Gasteiger charge is 2.23. The van der Waals surface area contributed by atoms with Gasteiger partial charge in [-0.25, -0.2) is 4.79 Å². The molecule has 0 unspecified atom stereocenters. The zero-order chi connectivity index (χ0) is 20.3. The molecule has 2 aromatic rings. The summed E-state index contributed by atoms with van der Waals surface area (Å²) in [6, 6.07) is 11.3. The van der Waals surface area contributed by atoms with Gasteiger partial charge in [0.05, 0.1) is 17.9 Å². The highest BCUT2D eigenvalue weighted by molar-refractivity contribution is 7.80. The van der Waals surface area contributed by atoms with E-state index in [0.29, 0.717) is 18.7 Å². The van der Waals surface area contributed by atoms with Gasteiger partial charge in [-0.1, -0.05) is 17.7 Å². The molecule has 150 valence electrons. The Morgan fingerprint density at radius 1 is 1.29 bits per heavy atom. The van der Waals surface area contributed by atoms with E-state index in [4.69, 9.17) is 21.1 Å². The molecule has 1 aliphatic rings. The first-order valence-corrected chi connectivity index (χ1v) is 10.4. The van der Waals surface area contributed by atoms with Crippen LogP contribution < -0.4 is 10.1 Å². The lowest BCUT2D eigenvalue weighted by Crippen LogP contribution is -2.23. The topological polar surface area (TPSA) is 47.6 Å². The van der Waals surface area contributed by atoms with Gasteiger partial charge in [0.25, 0.3) is 0 Å². The molecule has 0 bridgehead atoms. The predicted octanol–water partition coefficient (Wildman–Crippen LogP) is 5.36. The number of carbonyl (C=O) groups excluding carboxylic acids is 1. The first kappa shape index (κ1) is 20.9. The van der Waals surface area contributed by atoms with Crippen LogP contribution in [0.4, 0.5) is 5.69 Å². The number of ether oxygens (including phenoxy) is 2. The molecule has 1 heterocycles. The Bertz CT molecular complexity index is 863. The lowest BCUT2D eigenvalue weighted by molar-refractivity contribution is 0.00696. The second kappa shape index (κ2) is 8.66. The maximum atomic E-state index is 12.4. The van der Waals surface area contributed by atoms with E-state index in [9.17, 15) is 4.79 Å². The molecule has 0 spiro atoms. The molecule has 3 rings (SSSR count). The van der Waals surface area contributed by atoms with Crippen LogP contribution in [0.3, 0.4) is 0 Å². The lowest BCUT2D eigenvalue weighted by Gasteiger charge is -2.20. The van der Waals surface area contributed by atoms with Crippen LogP contribution >= 0.6 is 24.2 Å². The summed E-state index contributed by atoms with van der Waals surface area (Å²) in [4.78, 5) is 12.4. The van der Waals surface area contributed by atoms with Crippen LogP contribution in [0.5, 0.6) is 5.75 Å². The van der Waals surface area contributed by atoms with Gasteiger partial charge in [-0.2, -0.15) is 12.6 Å². The molecule has 0 fully saturated rings. The third-order valence-corrected chi connectivity index (χ3v) is 4.98. The van der Waals surface area contributed by atoms with E-state index in [-0.39, 0.29) is 11.9 Å². The van der Waals surface area contributed by atoms with E-state index in [2.05, 4.69) is 24.0 Å². The van der Waals surface area contributed by atoms with Crippen LogP contribution in [0.2, 0.25) is 5.02 Å². The fourth-order valence-corrected chi connectivity index (χ4v) is 3.69. The number of thiol groups is 1. The fraction of sp³-hybridized carbons (Fsp3) is 0.409. The van der Waals surface area contributed by atoms with Crippen LogP contribution in [0.1, 0.15) is 48.2 Å². The van der Waals surface area contributed by atoms with Crippen LogP contribution in [-0.2, 0) is 11.2 Å². The quantitative estimate of drug-likeness (QED) is 0.517. The number of halogens is 1. The van der Waals surface area contributed by atoms with Crippen molar-refractivity contribution >= 4 is 35.9 Å². The van der Waals surface area contributed by atoms with E-state index in [1.54, 1.807) is 12.1 Å². The molecule has 0 aliphatic carbocycles. The molecule has 1 N–H and O–H groups in total. The average molecular weight is 420 g/mol. The molecule has 0 amide bonds. The molecular weight excluding hydrogens is 394 g/mol. The zero-order valence-electron chi connectivity index (χ0n) is 16.4. The first-order valence-electron chi connectivity index (χ1n) is 9.40.